The fourth-order valence-corrected chi connectivity index (χ4v) is 3.46. The topological polar surface area (TPSA) is 47.3 Å². The zero-order valence-electron chi connectivity index (χ0n) is 11.1. The third kappa shape index (κ3) is 2.40. The van der Waals surface area contributed by atoms with E-state index in [-0.39, 0.29) is 28.1 Å². The molecule has 1 N–H and O–H groups in total. The Bertz CT molecular complexity index is 634. The minimum atomic E-state index is -4.74. The summed E-state index contributed by atoms with van der Waals surface area (Å²) in [6.45, 7) is 0.310. The highest BCUT2D eigenvalue weighted by Gasteiger charge is 2.60. The summed E-state index contributed by atoms with van der Waals surface area (Å²) < 4.78 is 52.3. The summed E-state index contributed by atoms with van der Waals surface area (Å²) in [4.78, 5) is 1.34. The van der Waals surface area contributed by atoms with Crippen molar-refractivity contribution in [2.24, 2.45) is 11.8 Å². The number of hydrogen-bond donors (Lipinski definition) is 1. The molecule has 2 aliphatic rings. The number of halogens is 5. The molecule has 118 valence electrons. The van der Waals surface area contributed by atoms with Gasteiger partial charge in [0.15, 0.2) is 6.10 Å². The molecule has 1 aliphatic carbocycles. The highest BCUT2D eigenvalue weighted by molar-refractivity contribution is 6.32. The summed E-state index contributed by atoms with van der Waals surface area (Å²) in [6, 6.07) is 2.72. The Morgan fingerprint density at radius 2 is 2.09 bits per heavy atom. The highest BCUT2D eigenvalue weighted by Crippen LogP contribution is 2.53. The van der Waals surface area contributed by atoms with Crippen LogP contribution in [0.4, 0.5) is 23.2 Å². The van der Waals surface area contributed by atoms with Crippen LogP contribution in [0.2, 0.25) is 5.02 Å². The van der Waals surface area contributed by atoms with Crippen molar-refractivity contribution in [3.05, 3.63) is 28.5 Å². The Kier molecular flexibility index (Phi) is 3.49. The molecule has 3 rings (SSSR count). The predicted octanol–water partition coefficient (Wildman–Crippen LogP) is 3.10. The lowest BCUT2D eigenvalue weighted by Gasteiger charge is -2.34. The number of hydrogen-bond acceptors (Lipinski definition) is 3. The summed E-state index contributed by atoms with van der Waals surface area (Å²) in [6.07, 6.45) is -6.61. The van der Waals surface area contributed by atoms with Gasteiger partial charge in [-0.1, -0.05) is 11.6 Å². The number of aliphatic hydroxyl groups is 1. The Balaban J connectivity index is 1.96. The van der Waals surface area contributed by atoms with Gasteiger partial charge in [-0.25, -0.2) is 4.39 Å². The Morgan fingerprint density at radius 1 is 1.41 bits per heavy atom. The quantitative estimate of drug-likeness (QED) is 0.845. The molecular weight excluding hydrogens is 324 g/mol. The molecule has 4 atom stereocenters. The van der Waals surface area contributed by atoms with Crippen molar-refractivity contribution in [2.45, 2.75) is 24.7 Å². The minimum absolute atomic E-state index is 0.0690. The van der Waals surface area contributed by atoms with Crippen LogP contribution in [-0.2, 0) is 0 Å². The summed E-state index contributed by atoms with van der Waals surface area (Å²) in [5, 5.41) is 18.2. The molecule has 1 heterocycles. The van der Waals surface area contributed by atoms with Gasteiger partial charge in [0.25, 0.3) is 0 Å². The standard InChI is InChI=1S/C14H11ClF4N2O/c15-10-2-7(3-11(16)9(10)4-20)21-5-6-1-8(6)12(21)13(22)14(17,18)19/h2-3,6,8,12-13,22H,1,5H2/t6-,8-,12-,13-/m1/s1. The van der Waals surface area contributed by atoms with E-state index in [0.29, 0.717) is 13.0 Å². The smallest absolute Gasteiger partial charge is 0.382 e. The van der Waals surface area contributed by atoms with E-state index in [4.69, 9.17) is 16.9 Å². The maximum Gasteiger partial charge on any atom is 0.416 e. The maximum absolute atomic E-state index is 13.8. The number of alkyl halides is 3. The van der Waals surface area contributed by atoms with Crippen LogP contribution < -0.4 is 4.90 Å². The number of nitrogens with zero attached hydrogens (tertiary/aromatic N) is 2. The van der Waals surface area contributed by atoms with Gasteiger partial charge in [0, 0.05) is 12.2 Å². The SMILES string of the molecule is N#Cc1c(F)cc(N2C[C@H]3C[C@H]3[C@@H]2[C@@H](O)C(F)(F)F)cc1Cl. The molecule has 0 unspecified atom stereocenters. The van der Waals surface area contributed by atoms with Gasteiger partial charge in [-0.3, -0.25) is 0 Å². The average Bonchev–Trinajstić information content (AvgIpc) is 3.07. The van der Waals surface area contributed by atoms with Crippen LogP contribution in [-0.4, -0.2) is 30.0 Å². The van der Waals surface area contributed by atoms with Gasteiger partial charge in [0.05, 0.1) is 11.1 Å². The Hall–Kier alpha value is -1.52. The lowest BCUT2D eigenvalue weighted by atomic mass is 10.0. The third-order valence-electron chi connectivity index (χ3n) is 4.34. The van der Waals surface area contributed by atoms with Crippen LogP contribution in [0.1, 0.15) is 12.0 Å². The first kappa shape index (κ1) is 15.4. The van der Waals surface area contributed by atoms with E-state index in [0.717, 1.165) is 6.07 Å². The van der Waals surface area contributed by atoms with E-state index < -0.39 is 24.1 Å². The molecular formula is C14H11ClF4N2O. The van der Waals surface area contributed by atoms with Crippen molar-refractivity contribution in [3.63, 3.8) is 0 Å². The molecule has 8 heteroatoms. The molecule has 0 radical (unpaired) electrons. The van der Waals surface area contributed by atoms with Crippen molar-refractivity contribution < 1.29 is 22.7 Å². The molecule has 0 bridgehead atoms. The first-order valence-corrected chi connectivity index (χ1v) is 7.02. The molecule has 3 nitrogen and oxygen atoms in total. The number of fused-ring (bicyclic) bond motifs is 1. The number of piperidine rings is 1. The van der Waals surface area contributed by atoms with Gasteiger partial charge in [0.2, 0.25) is 0 Å². The van der Waals surface area contributed by atoms with Crippen molar-refractivity contribution in [3.8, 4) is 6.07 Å². The van der Waals surface area contributed by atoms with Crippen LogP contribution >= 0.6 is 11.6 Å². The lowest BCUT2D eigenvalue weighted by molar-refractivity contribution is -0.210. The summed E-state index contributed by atoms with van der Waals surface area (Å²) >= 11 is 5.80. The van der Waals surface area contributed by atoms with E-state index in [9.17, 15) is 22.7 Å². The number of rotatable bonds is 2. The van der Waals surface area contributed by atoms with Crippen molar-refractivity contribution in [1.29, 1.82) is 5.26 Å². The highest BCUT2D eigenvalue weighted by atomic mass is 35.5. The fourth-order valence-electron chi connectivity index (χ4n) is 3.21. The zero-order chi connectivity index (χ0) is 16.2. The van der Waals surface area contributed by atoms with E-state index in [2.05, 4.69) is 0 Å². The van der Waals surface area contributed by atoms with Gasteiger partial charge in [-0.05, 0) is 30.4 Å². The van der Waals surface area contributed by atoms with Gasteiger partial charge < -0.3 is 10.0 Å². The first-order valence-electron chi connectivity index (χ1n) is 6.64. The van der Waals surface area contributed by atoms with Crippen LogP contribution in [0.3, 0.4) is 0 Å². The van der Waals surface area contributed by atoms with Crippen molar-refractivity contribution >= 4 is 17.3 Å². The monoisotopic (exact) mass is 334 g/mol. The number of aliphatic hydroxyl groups excluding tert-OH is 1. The Morgan fingerprint density at radius 3 is 2.64 bits per heavy atom. The summed E-state index contributed by atoms with van der Waals surface area (Å²) in [5.74, 6) is -1.07. The van der Waals surface area contributed by atoms with E-state index >= 15 is 0 Å². The van der Waals surface area contributed by atoms with Crippen LogP contribution in [0.15, 0.2) is 12.1 Å². The number of nitriles is 1. The molecule has 1 saturated carbocycles. The lowest BCUT2D eigenvalue weighted by Crippen LogP contribution is -2.49. The fraction of sp³-hybridized carbons (Fsp3) is 0.500. The second-order valence-electron chi connectivity index (χ2n) is 5.69. The van der Waals surface area contributed by atoms with Crippen molar-refractivity contribution in [2.75, 3.05) is 11.4 Å². The van der Waals surface area contributed by atoms with Gasteiger partial charge in [0.1, 0.15) is 17.4 Å². The third-order valence-corrected chi connectivity index (χ3v) is 4.63. The molecule has 1 aromatic carbocycles. The van der Waals surface area contributed by atoms with Crippen LogP contribution in [0.5, 0.6) is 0 Å². The number of benzene rings is 1. The second kappa shape index (κ2) is 5.00. The molecule has 1 aliphatic heterocycles. The molecule has 0 aromatic heterocycles. The summed E-state index contributed by atoms with van der Waals surface area (Å²) in [5.41, 5.74) is -0.190. The Labute approximate surface area is 128 Å². The van der Waals surface area contributed by atoms with E-state index in [1.165, 1.54) is 11.0 Å². The van der Waals surface area contributed by atoms with Gasteiger partial charge >= 0.3 is 6.18 Å². The molecule has 0 spiro atoms. The van der Waals surface area contributed by atoms with Gasteiger partial charge in [-0.2, -0.15) is 18.4 Å². The molecule has 1 aromatic rings. The van der Waals surface area contributed by atoms with Crippen LogP contribution in [0, 0.1) is 29.0 Å². The molecule has 22 heavy (non-hydrogen) atoms. The second-order valence-corrected chi connectivity index (χ2v) is 6.09. The maximum atomic E-state index is 13.8. The largest absolute Gasteiger partial charge is 0.416 e. The molecule has 2 fully saturated rings. The average molecular weight is 335 g/mol. The normalized spacial score (nSPS) is 28.2. The number of anilines is 1. The molecule has 1 saturated heterocycles. The van der Waals surface area contributed by atoms with Crippen LogP contribution in [0.25, 0.3) is 0 Å². The zero-order valence-corrected chi connectivity index (χ0v) is 11.9. The summed E-state index contributed by atoms with van der Waals surface area (Å²) in [7, 11) is 0. The minimum Gasteiger partial charge on any atom is -0.382 e. The van der Waals surface area contributed by atoms with E-state index in [1.807, 2.05) is 0 Å². The predicted molar refractivity (Wildman–Crippen MR) is 70.9 cm³/mol. The van der Waals surface area contributed by atoms with Crippen molar-refractivity contribution in [1.82, 2.24) is 0 Å². The first-order chi connectivity index (χ1) is 10.2. The van der Waals surface area contributed by atoms with Gasteiger partial charge in [-0.15, -0.1) is 0 Å². The molecule has 0 amide bonds. The van der Waals surface area contributed by atoms with E-state index in [1.54, 1.807) is 6.07 Å².